The van der Waals surface area contributed by atoms with Crippen molar-refractivity contribution in [1.29, 1.82) is 0 Å². The molecule has 1 saturated carbocycles. The first-order chi connectivity index (χ1) is 11.8. The van der Waals surface area contributed by atoms with Crippen molar-refractivity contribution in [2.75, 3.05) is 33.2 Å². The van der Waals surface area contributed by atoms with Crippen LogP contribution in [0.5, 0.6) is 0 Å². The average molecular weight is 329 g/mol. The van der Waals surface area contributed by atoms with Gasteiger partial charge in [0.05, 0.1) is 0 Å². The van der Waals surface area contributed by atoms with Gasteiger partial charge in [0.1, 0.15) is 0 Å². The van der Waals surface area contributed by atoms with Crippen LogP contribution in [0.3, 0.4) is 0 Å². The van der Waals surface area contributed by atoms with Crippen LogP contribution in [-0.2, 0) is 5.41 Å². The molecule has 1 heterocycles. The largest absolute Gasteiger partial charge is 0.356 e. The zero-order chi connectivity index (χ0) is 16.8. The minimum atomic E-state index is 0.317. The van der Waals surface area contributed by atoms with Gasteiger partial charge in [0, 0.05) is 31.6 Å². The summed E-state index contributed by atoms with van der Waals surface area (Å²) in [7, 11) is 1.87. The molecule has 24 heavy (non-hydrogen) atoms. The summed E-state index contributed by atoms with van der Waals surface area (Å²) in [4.78, 5) is 7.04. The smallest absolute Gasteiger partial charge is 0.191 e. The summed E-state index contributed by atoms with van der Waals surface area (Å²) in [6, 6.07) is 11.5. The molecule has 1 aliphatic heterocycles. The van der Waals surface area contributed by atoms with E-state index in [0.717, 1.165) is 19.0 Å². The molecule has 1 saturated heterocycles. The second-order valence-corrected chi connectivity index (χ2v) is 7.26. The number of nitrogens with zero attached hydrogens (tertiary/aromatic N) is 2. The van der Waals surface area contributed by atoms with Crippen LogP contribution in [0.2, 0.25) is 0 Å². The Kier molecular flexibility index (Phi) is 5.77. The van der Waals surface area contributed by atoms with Gasteiger partial charge in [0.25, 0.3) is 0 Å². The second kappa shape index (κ2) is 8.02. The third-order valence-corrected chi connectivity index (χ3v) is 5.69. The molecule has 1 unspecified atom stereocenters. The Morgan fingerprint density at radius 3 is 2.46 bits per heavy atom. The van der Waals surface area contributed by atoms with E-state index in [-0.39, 0.29) is 0 Å². The van der Waals surface area contributed by atoms with E-state index in [0.29, 0.717) is 11.5 Å². The first kappa shape index (κ1) is 17.3. The summed E-state index contributed by atoms with van der Waals surface area (Å²) in [5, 5.41) is 7.11. The van der Waals surface area contributed by atoms with Crippen molar-refractivity contribution in [3.8, 4) is 0 Å². The summed E-state index contributed by atoms with van der Waals surface area (Å²) < 4.78 is 0. The number of hydrogen-bond acceptors (Lipinski definition) is 2. The van der Waals surface area contributed by atoms with Gasteiger partial charge in [-0.15, -0.1) is 0 Å². The lowest BCUT2D eigenvalue weighted by Crippen LogP contribution is -2.47. The third kappa shape index (κ3) is 4.10. The van der Waals surface area contributed by atoms with Crippen LogP contribution in [-0.4, -0.2) is 50.1 Å². The van der Waals surface area contributed by atoms with Crippen LogP contribution >= 0.6 is 0 Å². The van der Waals surface area contributed by atoms with E-state index < -0.39 is 0 Å². The minimum Gasteiger partial charge on any atom is -0.356 e. The zero-order valence-corrected chi connectivity index (χ0v) is 15.2. The molecule has 132 valence electrons. The van der Waals surface area contributed by atoms with E-state index in [1.165, 1.54) is 50.8 Å². The van der Waals surface area contributed by atoms with Crippen LogP contribution in [0, 0.1) is 0 Å². The number of rotatable bonds is 7. The Morgan fingerprint density at radius 2 is 1.88 bits per heavy atom. The van der Waals surface area contributed by atoms with Gasteiger partial charge in [0.15, 0.2) is 5.96 Å². The standard InChI is InChI=1S/C20H32N4/c1-3-18(24-13-7-8-14-24)15-22-19(21-2)23-16-20(11-12-20)17-9-5-4-6-10-17/h4-6,9-10,18H,3,7-8,11-16H2,1-2H3,(H2,21,22,23). The minimum absolute atomic E-state index is 0.317. The van der Waals surface area contributed by atoms with Crippen molar-refractivity contribution in [2.24, 2.45) is 4.99 Å². The molecule has 0 aromatic heterocycles. The van der Waals surface area contributed by atoms with Gasteiger partial charge in [-0.3, -0.25) is 9.89 Å². The molecule has 4 nitrogen and oxygen atoms in total. The van der Waals surface area contributed by atoms with Gasteiger partial charge in [-0.05, 0) is 50.8 Å². The lowest BCUT2D eigenvalue weighted by Gasteiger charge is -2.27. The van der Waals surface area contributed by atoms with Crippen molar-refractivity contribution >= 4 is 5.96 Å². The van der Waals surface area contributed by atoms with Gasteiger partial charge in [-0.2, -0.15) is 0 Å². The highest BCUT2D eigenvalue weighted by Gasteiger charge is 2.44. The van der Waals surface area contributed by atoms with Gasteiger partial charge in [-0.25, -0.2) is 0 Å². The van der Waals surface area contributed by atoms with Gasteiger partial charge < -0.3 is 10.6 Å². The quantitative estimate of drug-likeness (QED) is 0.597. The molecular weight excluding hydrogens is 296 g/mol. The van der Waals surface area contributed by atoms with Crippen LogP contribution in [0.15, 0.2) is 35.3 Å². The Bertz CT molecular complexity index is 530. The highest BCUT2D eigenvalue weighted by molar-refractivity contribution is 5.79. The van der Waals surface area contributed by atoms with Crippen molar-refractivity contribution in [3.63, 3.8) is 0 Å². The summed E-state index contributed by atoms with van der Waals surface area (Å²) in [5.41, 5.74) is 1.77. The molecule has 2 fully saturated rings. The molecule has 2 aliphatic rings. The van der Waals surface area contributed by atoms with Crippen LogP contribution in [0.25, 0.3) is 0 Å². The topological polar surface area (TPSA) is 39.7 Å². The molecule has 1 aliphatic carbocycles. The van der Waals surface area contributed by atoms with E-state index >= 15 is 0 Å². The maximum absolute atomic E-state index is 4.42. The van der Waals surface area contributed by atoms with E-state index in [1.807, 2.05) is 7.05 Å². The monoisotopic (exact) mass is 328 g/mol. The number of hydrogen-bond donors (Lipinski definition) is 2. The number of nitrogens with one attached hydrogen (secondary N) is 2. The summed E-state index contributed by atoms with van der Waals surface area (Å²) in [6.45, 7) is 6.74. The summed E-state index contributed by atoms with van der Waals surface area (Å²) >= 11 is 0. The summed E-state index contributed by atoms with van der Waals surface area (Å²) in [5.74, 6) is 0.940. The van der Waals surface area contributed by atoms with Gasteiger partial charge >= 0.3 is 0 Å². The average Bonchev–Trinajstić information content (AvgIpc) is 3.23. The molecule has 3 rings (SSSR count). The normalized spacial score (nSPS) is 21.5. The molecule has 2 N–H and O–H groups in total. The second-order valence-electron chi connectivity index (χ2n) is 7.26. The molecule has 0 spiro atoms. The van der Waals surface area contributed by atoms with Crippen LogP contribution < -0.4 is 10.6 Å². The molecule has 0 radical (unpaired) electrons. The maximum Gasteiger partial charge on any atom is 0.191 e. The van der Waals surface area contributed by atoms with Crippen molar-refractivity contribution in [1.82, 2.24) is 15.5 Å². The molecule has 0 bridgehead atoms. The Balaban J connectivity index is 1.48. The van der Waals surface area contributed by atoms with Crippen LogP contribution in [0.4, 0.5) is 0 Å². The van der Waals surface area contributed by atoms with E-state index in [9.17, 15) is 0 Å². The van der Waals surface area contributed by atoms with Gasteiger partial charge in [0.2, 0.25) is 0 Å². The van der Waals surface area contributed by atoms with Crippen molar-refractivity contribution in [2.45, 2.75) is 50.5 Å². The molecule has 1 atom stereocenters. The fraction of sp³-hybridized carbons (Fsp3) is 0.650. The zero-order valence-electron chi connectivity index (χ0n) is 15.2. The van der Waals surface area contributed by atoms with Crippen molar-refractivity contribution in [3.05, 3.63) is 35.9 Å². The fourth-order valence-electron chi connectivity index (χ4n) is 3.84. The number of guanidine groups is 1. The summed E-state index contributed by atoms with van der Waals surface area (Å²) in [6.07, 6.45) is 6.43. The Morgan fingerprint density at radius 1 is 1.17 bits per heavy atom. The SMILES string of the molecule is CCC(CNC(=NC)NCC1(c2ccccc2)CC1)N1CCCC1. The lowest BCUT2D eigenvalue weighted by molar-refractivity contribution is 0.236. The predicted octanol–water partition coefficient (Wildman–Crippen LogP) is 2.76. The predicted molar refractivity (Wildman–Crippen MR) is 102 cm³/mol. The first-order valence-electron chi connectivity index (χ1n) is 9.51. The first-order valence-corrected chi connectivity index (χ1v) is 9.51. The Hall–Kier alpha value is -1.55. The molecule has 0 amide bonds. The fourth-order valence-corrected chi connectivity index (χ4v) is 3.84. The molecule has 1 aromatic rings. The highest BCUT2D eigenvalue weighted by atomic mass is 15.2. The van der Waals surface area contributed by atoms with Crippen LogP contribution in [0.1, 0.15) is 44.6 Å². The highest BCUT2D eigenvalue weighted by Crippen LogP contribution is 2.47. The molecular formula is C20H32N4. The number of aliphatic imine (C=N–C) groups is 1. The van der Waals surface area contributed by atoms with Crippen molar-refractivity contribution < 1.29 is 0 Å². The Labute approximate surface area is 146 Å². The lowest BCUT2D eigenvalue weighted by atomic mass is 9.96. The third-order valence-electron chi connectivity index (χ3n) is 5.69. The van der Waals surface area contributed by atoms with E-state index in [2.05, 4.69) is 57.8 Å². The molecule has 1 aromatic carbocycles. The van der Waals surface area contributed by atoms with E-state index in [4.69, 9.17) is 0 Å². The maximum atomic E-state index is 4.42. The van der Waals surface area contributed by atoms with Gasteiger partial charge in [-0.1, -0.05) is 37.3 Å². The number of benzene rings is 1. The number of likely N-dealkylation sites (tertiary alicyclic amines) is 1. The van der Waals surface area contributed by atoms with E-state index in [1.54, 1.807) is 0 Å². The molecule has 4 heteroatoms.